The average Bonchev–Trinajstić information content (AvgIpc) is 2.69. The summed E-state index contributed by atoms with van der Waals surface area (Å²) >= 11 is 0. The maximum absolute atomic E-state index is 12.6. The van der Waals surface area contributed by atoms with Crippen LogP contribution >= 0.6 is 0 Å². The molecule has 9 heteroatoms. The van der Waals surface area contributed by atoms with Crippen LogP contribution in [0.1, 0.15) is 30.0 Å². The molecule has 1 aromatic heterocycles. The number of nitrogens with zero attached hydrogens (tertiary/aromatic N) is 2. The number of aromatic nitrogens is 1. The molecule has 0 aliphatic rings. The molecular weight excluding hydrogens is 392 g/mol. The van der Waals surface area contributed by atoms with Gasteiger partial charge in [-0.15, -0.1) is 0 Å². The first-order valence-corrected chi connectivity index (χ1v) is 9.66. The van der Waals surface area contributed by atoms with Crippen molar-refractivity contribution in [3.63, 3.8) is 0 Å². The maximum Gasteiger partial charge on any atom is 0.387 e. The van der Waals surface area contributed by atoms with E-state index >= 15 is 0 Å². The Morgan fingerprint density at radius 2 is 1.93 bits per heavy atom. The number of benzene rings is 1. The summed E-state index contributed by atoms with van der Waals surface area (Å²) in [6, 6.07) is 8.58. The average molecular weight is 419 g/mol. The van der Waals surface area contributed by atoms with Crippen molar-refractivity contribution in [1.82, 2.24) is 15.6 Å². The van der Waals surface area contributed by atoms with Gasteiger partial charge >= 0.3 is 6.61 Å². The molecule has 1 heterocycles. The number of nitrogens with one attached hydrogen (secondary N) is 3. The molecule has 0 saturated heterocycles. The fourth-order valence-electron chi connectivity index (χ4n) is 2.59. The van der Waals surface area contributed by atoms with Crippen LogP contribution in [0.25, 0.3) is 0 Å². The molecule has 1 aromatic carbocycles. The molecule has 0 radical (unpaired) electrons. The Morgan fingerprint density at radius 3 is 2.60 bits per heavy atom. The van der Waals surface area contributed by atoms with E-state index in [1.165, 1.54) is 6.07 Å². The van der Waals surface area contributed by atoms with Crippen LogP contribution in [-0.2, 0) is 11.3 Å². The highest BCUT2D eigenvalue weighted by Gasteiger charge is 2.10. The first-order chi connectivity index (χ1) is 14.4. The van der Waals surface area contributed by atoms with Gasteiger partial charge in [-0.1, -0.05) is 23.8 Å². The lowest BCUT2D eigenvalue weighted by molar-refractivity contribution is -0.116. The molecule has 3 N–H and O–H groups in total. The van der Waals surface area contributed by atoms with Crippen molar-refractivity contribution in [2.45, 2.75) is 40.3 Å². The first-order valence-electron chi connectivity index (χ1n) is 9.66. The monoisotopic (exact) mass is 419 g/mol. The van der Waals surface area contributed by atoms with Crippen LogP contribution in [0.3, 0.4) is 0 Å². The van der Waals surface area contributed by atoms with Gasteiger partial charge in [-0.25, -0.2) is 9.98 Å². The SMILES string of the molecule is CCNC(=NCc1cc(C)ccc1OC(F)F)NCCC(=O)Nc1ccc(C)cn1. The fourth-order valence-corrected chi connectivity index (χ4v) is 2.59. The molecule has 162 valence electrons. The number of rotatable bonds is 9. The Labute approximate surface area is 175 Å². The van der Waals surface area contributed by atoms with E-state index in [9.17, 15) is 13.6 Å². The Kier molecular flexibility index (Phi) is 8.99. The lowest BCUT2D eigenvalue weighted by Gasteiger charge is -2.13. The van der Waals surface area contributed by atoms with Gasteiger partial charge in [0, 0.05) is 31.3 Å². The maximum atomic E-state index is 12.6. The van der Waals surface area contributed by atoms with Crippen LogP contribution in [0.5, 0.6) is 5.75 Å². The van der Waals surface area contributed by atoms with Gasteiger partial charge in [-0.2, -0.15) is 8.78 Å². The van der Waals surface area contributed by atoms with Crippen LogP contribution in [-0.4, -0.2) is 36.6 Å². The number of carbonyl (C=O) groups excluding carboxylic acids is 1. The van der Waals surface area contributed by atoms with E-state index in [2.05, 4.69) is 30.7 Å². The Balaban J connectivity index is 1.92. The highest BCUT2D eigenvalue weighted by Crippen LogP contribution is 2.22. The van der Waals surface area contributed by atoms with Crippen molar-refractivity contribution in [2.24, 2.45) is 4.99 Å². The van der Waals surface area contributed by atoms with Gasteiger partial charge in [-0.05, 0) is 38.5 Å². The summed E-state index contributed by atoms with van der Waals surface area (Å²) in [6.45, 7) is 3.90. The van der Waals surface area contributed by atoms with E-state index in [4.69, 9.17) is 0 Å². The first kappa shape index (κ1) is 23.1. The lowest BCUT2D eigenvalue weighted by Crippen LogP contribution is -2.38. The Hall–Kier alpha value is -3.23. The minimum Gasteiger partial charge on any atom is -0.434 e. The topological polar surface area (TPSA) is 87.6 Å². The number of aliphatic imine (C=N–C) groups is 1. The van der Waals surface area contributed by atoms with Crippen LogP contribution < -0.4 is 20.7 Å². The second-order valence-corrected chi connectivity index (χ2v) is 6.63. The minimum absolute atomic E-state index is 0.0974. The fraction of sp³-hybridized carbons (Fsp3) is 0.381. The molecule has 0 saturated carbocycles. The van der Waals surface area contributed by atoms with Crippen LogP contribution in [0.4, 0.5) is 14.6 Å². The second-order valence-electron chi connectivity index (χ2n) is 6.63. The summed E-state index contributed by atoms with van der Waals surface area (Å²) in [5.74, 6) is 0.890. The van der Waals surface area contributed by atoms with Gasteiger partial charge in [0.25, 0.3) is 0 Å². The quantitative estimate of drug-likeness (QED) is 0.428. The van der Waals surface area contributed by atoms with Crippen LogP contribution in [0.15, 0.2) is 41.5 Å². The molecule has 1 amide bonds. The molecule has 2 aromatic rings. The third-order valence-corrected chi connectivity index (χ3v) is 4.01. The van der Waals surface area contributed by atoms with Gasteiger partial charge in [0.05, 0.1) is 6.54 Å². The molecule has 0 aliphatic carbocycles. The Bertz CT molecular complexity index is 857. The molecule has 0 fully saturated rings. The molecule has 0 spiro atoms. The summed E-state index contributed by atoms with van der Waals surface area (Å²) in [4.78, 5) is 20.6. The molecule has 30 heavy (non-hydrogen) atoms. The van der Waals surface area contributed by atoms with Crippen LogP contribution in [0.2, 0.25) is 0 Å². The van der Waals surface area contributed by atoms with Crippen molar-refractivity contribution in [3.8, 4) is 5.75 Å². The van der Waals surface area contributed by atoms with Gasteiger partial charge < -0.3 is 20.7 Å². The molecule has 0 aliphatic heterocycles. The summed E-state index contributed by atoms with van der Waals surface area (Å²) in [7, 11) is 0. The third kappa shape index (κ3) is 8.02. The van der Waals surface area contributed by atoms with E-state index in [1.54, 1.807) is 24.4 Å². The van der Waals surface area contributed by atoms with E-state index in [0.717, 1.165) is 11.1 Å². The van der Waals surface area contributed by atoms with Gasteiger partial charge in [0.1, 0.15) is 11.6 Å². The summed E-state index contributed by atoms with van der Waals surface area (Å²) in [5.41, 5.74) is 2.48. The number of pyridine rings is 1. The predicted octanol–water partition coefficient (Wildman–Crippen LogP) is 3.38. The van der Waals surface area contributed by atoms with Crippen molar-refractivity contribution in [3.05, 3.63) is 53.2 Å². The van der Waals surface area contributed by atoms with E-state index in [1.807, 2.05) is 26.8 Å². The molecule has 2 rings (SSSR count). The van der Waals surface area contributed by atoms with E-state index < -0.39 is 6.61 Å². The third-order valence-electron chi connectivity index (χ3n) is 4.01. The number of carbonyl (C=O) groups is 1. The largest absolute Gasteiger partial charge is 0.434 e. The van der Waals surface area contributed by atoms with Crippen molar-refractivity contribution in [1.29, 1.82) is 0 Å². The predicted molar refractivity (Wildman–Crippen MR) is 113 cm³/mol. The standard InChI is InChI=1S/C21H27F2N5O2/c1-4-24-21(25-10-9-19(29)28-18-8-6-15(3)12-26-18)27-13-16-11-14(2)5-7-17(16)30-20(22)23/h5-8,11-12,20H,4,9-10,13H2,1-3H3,(H2,24,25,27)(H,26,28,29). The van der Waals surface area contributed by atoms with Crippen molar-refractivity contribution >= 4 is 17.7 Å². The zero-order chi connectivity index (χ0) is 21.9. The van der Waals surface area contributed by atoms with Gasteiger partial charge in [0.15, 0.2) is 5.96 Å². The van der Waals surface area contributed by atoms with Crippen molar-refractivity contribution in [2.75, 3.05) is 18.4 Å². The molecule has 0 atom stereocenters. The van der Waals surface area contributed by atoms with Gasteiger partial charge in [0.2, 0.25) is 5.91 Å². The lowest BCUT2D eigenvalue weighted by atomic mass is 10.1. The van der Waals surface area contributed by atoms with E-state index in [0.29, 0.717) is 30.4 Å². The van der Waals surface area contributed by atoms with Crippen molar-refractivity contribution < 1.29 is 18.3 Å². The zero-order valence-electron chi connectivity index (χ0n) is 17.3. The number of anilines is 1. The zero-order valence-corrected chi connectivity index (χ0v) is 17.3. The summed E-state index contributed by atoms with van der Waals surface area (Å²) in [5, 5.41) is 8.85. The number of alkyl halides is 2. The number of ether oxygens (including phenoxy) is 1. The summed E-state index contributed by atoms with van der Waals surface area (Å²) in [6.07, 6.45) is 1.89. The normalized spacial score (nSPS) is 11.3. The molecule has 0 bridgehead atoms. The molecule has 7 nitrogen and oxygen atoms in total. The Morgan fingerprint density at radius 1 is 1.17 bits per heavy atom. The number of halogens is 2. The minimum atomic E-state index is -2.90. The number of hydrogen-bond donors (Lipinski definition) is 3. The number of amides is 1. The van der Waals surface area contributed by atoms with E-state index in [-0.39, 0.29) is 24.6 Å². The highest BCUT2D eigenvalue weighted by molar-refractivity contribution is 5.90. The number of hydrogen-bond acceptors (Lipinski definition) is 4. The van der Waals surface area contributed by atoms with Crippen LogP contribution in [0, 0.1) is 13.8 Å². The highest BCUT2D eigenvalue weighted by atomic mass is 19.3. The molecule has 0 unspecified atom stereocenters. The summed E-state index contributed by atoms with van der Waals surface area (Å²) < 4.78 is 29.8. The van der Waals surface area contributed by atoms with Gasteiger partial charge in [-0.3, -0.25) is 4.79 Å². The number of guanidine groups is 1. The second kappa shape index (κ2) is 11.7. The number of aryl methyl sites for hydroxylation is 2. The molecular formula is C21H27F2N5O2. The smallest absolute Gasteiger partial charge is 0.387 e.